The number of rotatable bonds is 10. The molecule has 4 N–H and O–H groups in total. The van der Waals surface area contributed by atoms with Crippen molar-refractivity contribution in [3.8, 4) is 0 Å². The van der Waals surface area contributed by atoms with Crippen molar-refractivity contribution in [2.75, 3.05) is 0 Å². The van der Waals surface area contributed by atoms with E-state index in [4.69, 9.17) is 20.2 Å². The van der Waals surface area contributed by atoms with Crippen LogP contribution in [0.25, 0.3) is 45.2 Å². The Kier molecular flexibility index (Phi) is 12.4. The Morgan fingerprint density at radius 2 is 0.720 bits per heavy atom. The summed E-state index contributed by atoms with van der Waals surface area (Å²) in [5.74, 6) is 0. The first kappa shape index (κ1) is 39.1. The van der Waals surface area contributed by atoms with Crippen LogP contribution in [0.15, 0.2) is 115 Å². The second-order valence-corrected chi connectivity index (χ2v) is 15.0. The lowest BCUT2D eigenvalue weighted by atomic mass is 10.1. The highest BCUT2D eigenvalue weighted by Gasteiger charge is 2.18. The molecule has 0 aromatic heterocycles. The third kappa shape index (κ3) is 10.8. The average Bonchev–Trinajstić information content (AvgIpc) is 3.02. The Labute approximate surface area is 284 Å². The predicted octanol–water partition coefficient (Wildman–Crippen LogP) is 6.58. The highest BCUT2D eigenvalue weighted by Crippen LogP contribution is 2.28. The van der Waals surface area contributed by atoms with Crippen LogP contribution in [0.5, 0.6) is 0 Å². The smallest absolute Gasteiger partial charge is 0.282 e. The second kappa shape index (κ2) is 15.9. The van der Waals surface area contributed by atoms with E-state index in [1.54, 1.807) is 12.1 Å². The van der Waals surface area contributed by atoms with Crippen molar-refractivity contribution < 1.29 is 51.9 Å². The fraction of sp³-hybridized carbons (Fsp3) is 0. The summed E-state index contributed by atoms with van der Waals surface area (Å²) >= 11 is 0. The fourth-order valence-corrected chi connectivity index (χ4v) is 6.84. The third-order valence-electron chi connectivity index (χ3n) is 6.15. The van der Waals surface area contributed by atoms with Crippen LogP contribution in [-0.4, -0.2) is 51.9 Å². The molecule has 0 amide bonds. The van der Waals surface area contributed by atoms with Crippen LogP contribution in [0.4, 0.5) is 11.4 Å². The SMILES string of the molecule is O=S(=O)(O)c1ccccc1C=Cc1ccccc1S(=O)(=O)O.[N-]=[N+]=Nc1ccc(C=Cc2ccc(N=[N+]=[N-])cc2S(=O)(=O)O)c(S(=O)(=O)O)c1. The minimum atomic E-state index is -4.69. The Hall–Kier alpha value is -5.38. The monoisotopic (exact) mass is 762 g/mol. The van der Waals surface area contributed by atoms with Crippen molar-refractivity contribution in [3.05, 3.63) is 128 Å². The van der Waals surface area contributed by atoms with Crippen molar-refractivity contribution in [1.82, 2.24) is 0 Å². The van der Waals surface area contributed by atoms with E-state index >= 15 is 0 Å². The molecule has 0 aliphatic rings. The van der Waals surface area contributed by atoms with Gasteiger partial charge in [-0.05, 0) is 57.6 Å². The van der Waals surface area contributed by atoms with Gasteiger partial charge in [0.2, 0.25) is 0 Å². The quantitative estimate of drug-likeness (QED) is 0.0437. The first-order valence-corrected chi connectivity index (χ1v) is 18.8. The van der Waals surface area contributed by atoms with E-state index in [0.717, 1.165) is 12.1 Å². The number of benzene rings is 4. The molecule has 4 rings (SSSR count). The molecule has 0 radical (unpaired) electrons. The Morgan fingerprint density at radius 3 is 1.00 bits per heavy atom. The van der Waals surface area contributed by atoms with Gasteiger partial charge in [-0.25, -0.2) is 0 Å². The van der Waals surface area contributed by atoms with Crippen molar-refractivity contribution in [2.24, 2.45) is 10.2 Å². The van der Waals surface area contributed by atoms with Gasteiger partial charge in [0, 0.05) is 21.2 Å². The van der Waals surface area contributed by atoms with E-state index in [-0.39, 0.29) is 43.4 Å². The zero-order chi connectivity index (χ0) is 37.3. The van der Waals surface area contributed by atoms with E-state index in [2.05, 4.69) is 20.1 Å². The molecule has 50 heavy (non-hydrogen) atoms. The van der Waals surface area contributed by atoms with Gasteiger partial charge in [-0.3, -0.25) is 18.2 Å². The molecule has 0 spiro atoms. The molecule has 0 atom stereocenters. The molecule has 0 saturated carbocycles. The lowest BCUT2D eigenvalue weighted by Gasteiger charge is -2.06. The van der Waals surface area contributed by atoms with E-state index in [0.29, 0.717) is 0 Å². The molecule has 4 aromatic carbocycles. The van der Waals surface area contributed by atoms with Crippen molar-refractivity contribution in [2.45, 2.75) is 19.6 Å². The second-order valence-electron chi connectivity index (χ2n) is 9.47. The van der Waals surface area contributed by atoms with Crippen LogP contribution < -0.4 is 0 Å². The van der Waals surface area contributed by atoms with Crippen molar-refractivity contribution in [1.29, 1.82) is 0 Å². The van der Waals surface area contributed by atoms with Crippen LogP contribution in [0, 0.1) is 0 Å². The molecule has 0 aliphatic heterocycles. The van der Waals surface area contributed by atoms with E-state index in [1.165, 1.54) is 85.0 Å². The van der Waals surface area contributed by atoms with Gasteiger partial charge >= 0.3 is 0 Å². The molecule has 22 heteroatoms. The van der Waals surface area contributed by atoms with Crippen LogP contribution in [0.2, 0.25) is 0 Å². The maximum absolute atomic E-state index is 11.6. The average molecular weight is 763 g/mol. The maximum Gasteiger partial charge on any atom is 0.295 e. The van der Waals surface area contributed by atoms with Crippen LogP contribution in [0.3, 0.4) is 0 Å². The summed E-state index contributed by atoms with van der Waals surface area (Å²) in [6.45, 7) is 0. The van der Waals surface area contributed by atoms with Gasteiger partial charge in [-0.15, -0.1) is 0 Å². The van der Waals surface area contributed by atoms with E-state index in [1.807, 2.05) is 0 Å². The number of azide groups is 2. The summed E-state index contributed by atoms with van der Waals surface area (Å²) in [7, 11) is -18.2. The Morgan fingerprint density at radius 1 is 0.440 bits per heavy atom. The van der Waals surface area contributed by atoms with Gasteiger partial charge in [0.15, 0.2) is 0 Å². The number of hydrogen-bond acceptors (Lipinski definition) is 10. The molecule has 0 fully saturated rings. The molecule has 0 bridgehead atoms. The number of hydrogen-bond donors (Lipinski definition) is 4. The van der Waals surface area contributed by atoms with Gasteiger partial charge < -0.3 is 0 Å². The summed E-state index contributed by atoms with van der Waals surface area (Å²) in [5.41, 5.74) is 17.0. The fourth-order valence-electron chi connectivity index (χ4n) is 4.06. The zero-order valence-electron chi connectivity index (χ0n) is 24.8. The first-order valence-electron chi connectivity index (χ1n) is 13.1. The lowest BCUT2D eigenvalue weighted by molar-refractivity contribution is 0.480. The molecule has 4 aromatic rings. The summed E-state index contributed by atoms with van der Waals surface area (Å²) in [4.78, 5) is 3.29. The van der Waals surface area contributed by atoms with E-state index in [9.17, 15) is 42.8 Å². The third-order valence-corrected chi connectivity index (χ3v) is 9.82. The minimum Gasteiger partial charge on any atom is -0.282 e. The zero-order valence-corrected chi connectivity index (χ0v) is 28.0. The molecular weight excluding hydrogens is 741 g/mol. The highest BCUT2D eigenvalue weighted by atomic mass is 32.2. The summed E-state index contributed by atoms with van der Waals surface area (Å²) < 4.78 is 128. The van der Waals surface area contributed by atoms with Crippen molar-refractivity contribution in [3.63, 3.8) is 0 Å². The predicted molar refractivity (Wildman–Crippen MR) is 180 cm³/mol. The maximum atomic E-state index is 11.6. The molecule has 18 nitrogen and oxygen atoms in total. The first-order chi connectivity index (χ1) is 23.3. The normalized spacial score (nSPS) is 12.1. The molecule has 0 heterocycles. The van der Waals surface area contributed by atoms with Gasteiger partial charge in [0.1, 0.15) is 19.6 Å². The molecule has 0 saturated heterocycles. The summed E-state index contributed by atoms with van der Waals surface area (Å²) in [6, 6.07) is 18.3. The number of nitrogens with zero attached hydrogens (tertiary/aromatic N) is 6. The van der Waals surface area contributed by atoms with Gasteiger partial charge in [-0.1, -0.05) is 95.2 Å². The topological polar surface area (TPSA) is 315 Å². The summed E-state index contributed by atoms with van der Waals surface area (Å²) in [6.07, 6.45) is 5.01. The van der Waals surface area contributed by atoms with Gasteiger partial charge in [0.25, 0.3) is 40.5 Å². The standard InChI is InChI=1S/C14H10N6O6S2.C14H12O6S2/c15-19-17-11-5-3-9(13(7-11)27(21,22)23)1-2-10-4-6-12(18-20-16)8-14(10)28(24,25)26;15-21(16,17)13-7-3-1-5-11(13)9-10-12-6-2-4-8-14(12)22(18,19)20/h1-8H,(H,21,22,23)(H,24,25,26);1-10H,(H,15,16,17)(H,18,19,20). The molecular formula is C28H22N6O12S4. The minimum absolute atomic E-state index is 0.0419. The molecule has 0 aliphatic carbocycles. The molecule has 260 valence electrons. The van der Waals surface area contributed by atoms with Crippen molar-refractivity contribution >= 4 is 76.2 Å². The summed E-state index contributed by atoms with van der Waals surface area (Å²) in [5, 5.41) is 6.49. The van der Waals surface area contributed by atoms with Gasteiger partial charge in [-0.2, -0.15) is 33.7 Å². The van der Waals surface area contributed by atoms with Gasteiger partial charge in [0.05, 0.1) is 0 Å². The Bertz CT molecular complexity index is 2380. The highest BCUT2D eigenvalue weighted by molar-refractivity contribution is 7.86. The largest absolute Gasteiger partial charge is 0.295 e. The van der Waals surface area contributed by atoms with Crippen LogP contribution in [-0.2, 0) is 40.5 Å². The van der Waals surface area contributed by atoms with E-state index < -0.39 is 50.3 Å². The Balaban J connectivity index is 0.000000278. The van der Waals surface area contributed by atoms with Crippen LogP contribution in [0.1, 0.15) is 22.3 Å². The molecule has 0 unspecified atom stereocenters. The van der Waals surface area contributed by atoms with Crippen LogP contribution >= 0.6 is 0 Å². The lowest BCUT2D eigenvalue weighted by Crippen LogP contribution is -2.01.